The average Bonchev–Trinajstić information content (AvgIpc) is 3.17. The summed E-state index contributed by atoms with van der Waals surface area (Å²) in [5, 5.41) is 9.52. The highest BCUT2D eigenvalue weighted by Crippen LogP contribution is 2.42. The Morgan fingerprint density at radius 2 is 1.89 bits per heavy atom. The molecule has 1 aromatic carbocycles. The summed E-state index contributed by atoms with van der Waals surface area (Å²) in [5.41, 5.74) is 3.99. The first kappa shape index (κ1) is 19.0. The highest BCUT2D eigenvalue weighted by Gasteiger charge is 2.51. The second kappa shape index (κ2) is 6.94. The van der Waals surface area contributed by atoms with Gasteiger partial charge < -0.3 is 24.2 Å². The summed E-state index contributed by atoms with van der Waals surface area (Å²) in [4.78, 5) is 17.3. The van der Waals surface area contributed by atoms with Crippen LogP contribution in [0.1, 0.15) is 22.5 Å². The Labute approximate surface area is 166 Å². The Morgan fingerprint density at radius 3 is 2.46 bits per heavy atom. The van der Waals surface area contributed by atoms with Crippen molar-refractivity contribution in [3.05, 3.63) is 41.6 Å². The van der Waals surface area contributed by atoms with Gasteiger partial charge in [0.1, 0.15) is 5.75 Å². The van der Waals surface area contributed by atoms with Crippen LogP contribution in [0.5, 0.6) is 5.75 Å². The Kier molecular flexibility index (Phi) is 4.71. The maximum atomic E-state index is 13.1. The van der Waals surface area contributed by atoms with E-state index in [1.165, 1.54) is 0 Å². The molecule has 4 rings (SSSR count). The van der Waals surface area contributed by atoms with E-state index >= 15 is 0 Å². The molecule has 2 aliphatic heterocycles. The summed E-state index contributed by atoms with van der Waals surface area (Å²) < 4.78 is 7.32. The third-order valence-corrected chi connectivity index (χ3v) is 6.58. The second-order valence-electron chi connectivity index (χ2n) is 8.43. The van der Waals surface area contributed by atoms with Gasteiger partial charge in [-0.3, -0.25) is 4.79 Å². The molecule has 150 valence electrons. The zero-order valence-electron chi connectivity index (χ0n) is 17.1. The van der Waals surface area contributed by atoms with E-state index in [0.717, 1.165) is 54.3 Å². The molecule has 28 heavy (non-hydrogen) atoms. The number of aliphatic hydroxyl groups excluding tert-OH is 1. The molecule has 3 heterocycles. The average molecular weight is 383 g/mol. The van der Waals surface area contributed by atoms with Crippen LogP contribution in [0.15, 0.2) is 30.3 Å². The number of amides is 1. The molecule has 0 saturated carbocycles. The number of aromatic nitrogens is 1. The van der Waals surface area contributed by atoms with Crippen molar-refractivity contribution in [3.63, 3.8) is 0 Å². The van der Waals surface area contributed by atoms with E-state index in [9.17, 15) is 9.90 Å². The fourth-order valence-electron chi connectivity index (χ4n) is 4.84. The Morgan fingerprint density at radius 1 is 1.21 bits per heavy atom. The molecule has 6 nitrogen and oxygen atoms in total. The molecule has 1 unspecified atom stereocenters. The quantitative estimate of drug-likeness (QED) is 0.879. The van der Waals surface area contributed by atoms with Gasteiger partial charge in [-0.25, -0.2) is 0 Å². The second-order valence-corrected chi connectivity index (χ2v) is 8.43. The van der Waals surface area contributed by atoms with E-state index in [1.807, 2.05) is 49.2 Å². The van der Waals surface area contributed by atoms with Crippen molar-refractivity contribution in [3.8, 4) is 17.0 Å². The Balaban J connectivity index is 1.52. The lowest BCUT2D eigenvalue weighted by Crippen LogP contribution is -2.59. The molecule has 1 amide bonds. The van der Waals surface area contributed by atoms with E-state index in [-0.39, 0.29) is 24.0 Å². The van der Waals surface area contributed by atoms with Gasteiger partial charge >= 0.3 is 0 Å². The van der Waals surface area contributed by atoms with Crippen LogP contribution in [-0.4, -0.2) is 71.8 Å². The summed E-state index contributed by atoms with van der Waals surface area (Å²) in [6, 6.07) is 10.1. The first-order valence-electron chi connectivity index (χ1n) is 9.78. The molecule has 1 atom stereocenters. The number of methoxy groups -OCH3 is 1. The largest absolute Gasteiger partial charge is 0.497 e. The van der Waals surface area contributed by atoms with Crippen LogP contribution in [0.2, 0.25) is 0 Å². The monoisotopic (exact) mass is 383 g/mol. The molecule has 1 N–H and O–H groups in total. The molecular weight excluding hydrogens is 354 g/mol. The first-order chi connectivity index (χ1) is 13.4. The SMILES string of the molecule is COc1ccc(-c2cc(C(=O)N3CC4(CC(CO)N(C)C4)C3)c(C)n2C)cc1. The summed E-state index contributed by atoms with van der Waals surface area (Å²) >= 11 is 0. The predicted molar refractivity (Wildman–Crippen MR) is 109 cm³/mol. The molecule has 2 aromatic rings. The van der Waals surface area contributed by atoms with Gasteiger partial charge in [0.25, 0.3) is 5.91 Å². The first-order valence-corrected chi connectivity index (χ1v) is 9.78. The van der Waals surface area contributed by atoms with Gasteiger partial charge in [-0.2, -0.15) is 0 Å². The fourth-order valence-corrected chi connectivity index (χ4v) is 4.84. The van der Waals surface area contributed by atoms with Crippen LogP contribution >= 0.6 is 0 Å². The summed E-state index contributed by atoms with van der Waals surface area (Å²) in [6.07, 6.45) is 0.967. The zero-order valence-corrected chi connectivity index (χ0v) is 17.1. The van der Waals surface area contributed by atoms with Crippen LogP contribution in [0.4, 0.5) is 0 Å². The number of benzene rings is 1. The highest BCUT2D eigenvalue weighted by molar-refractivity contribution is 5.97. The molecule has 0 bridgehead atoms. The van der Waals surface area contributed by atoms with Crippen molar-refractivity contribution in [2.75, 3.05) is 40.4 Å². The van der Waals surface area contributed by atoms with Crippen LogP contribution in [0.25, 0.3) is 11.3 Å². The number of rotatable bonds is 4. The van der Waals surface area contributed by atoms with Crippen LogP contribution in [0.3, 0.4) is 0 Å². The van der Waals surface area contributed by atoms with Gasteiger partial charge in [-0.05, 0) is 56.3 Å². The molecule has 1 aromatic heterocycles. The number of likely N-dealkylation sites (N-methyl/N-ethyl adjacent to an activating group) is 1. The molecule has 2 aliphatic rings. The van der Waals surface area contributed by atoms with Crippen LogP contribution < -0.4 is 4.74 Å². The zero-order chi connectivity index (χ0) is 20.1. The van der Waals surface area contributed by atoms with Gasteiger partial charge in [0.15, 0.2) is 0 Å². The maximum Gasteiger partial charge on any atom is 0.255 e. The minimum atomic E-state index is 0.105. The number of nitrogens with zero attached hydrogens (tertiary/aromatic N) is 3. The van der Waals surface area contributed by atoms with Gasteiger partial charge in [0.2, 0.25) is 0 Å². The number of carbonyl (C=O) groups excluding carboxylic acids is 1. The summed E-state index contributed by atoms with van der Waals surface area (Å²) in [5.74, 6) is 0.924. The standard InChI is InChI=1S/C22H29N3O3/c1-15-19(9-20(24(15)3)16-5-7-18(28-4)8-6-16)21(27)25-13-22(14-25)10-17(11-26)23(2)12-22/h5-9,17,26H,10-14H2,1-4H3. The van der Waals surface area contributed by atoms with Crippen molar-refractivity contribution >= 4 is 5.91 Å². The van der Waals surface area contributed by atoms with Crippen molar-refractivity contribution < 1.29 is 14.6 Å². The topological polar surface area (TPSA) is 57.9 Å². The van der Waals surface area contributed by atoms with Crippen molar-refractivity contribution in [1.29, 1.82) is 0 Å². The number of hydrogen-bond acceptors (Lipinski definition) is 4. The predicted octanol–water partition coefficient (Wildman–Crippen LogP) is 2.15. The molecule has 6 heteroatoms. The van der Waals surface area contributed by atoms with Crippen LogP contribution in [-0.2, 0) is 7.05 Å². The van der Waals surface area contributed by atoms with E-state index in [2.05, 4.69) is 16.5 Å². The molecule has 1 spiro atoms. The fraction of sp³-hybridized carbons (Fsp3) is 0.500. The van der Waals surface area contributed by atoms with E-state index in [1.54, 1.807) is 7.11 Å². The minimum absolute atomic E-state index is 0.105. The lowest BCUT2D eigenvalue weighted by atomic mass is 9.77. The van der Waals surface area contributed by atoms with E-state index < -0.39 is 0 Å². The molecule has 2 saturated heterocycles. The minimum Gasteiger partial charge on any atom is -0.497 e. The van der Waals surface area contributed by atoms with Gasteiger partial charge in [0.05, 0.1) is 19.3 Å². The van der Waals surface area contributed by atoms with Gasteiger partial charge in [-0.15, -0.1) is 0 Å². The third kappa shape index (κ3) is 3.01. The number of likely N-dealkylation sites (tertiary alicyclic amines) is 2. The lowest BCUT2D eigenvalue weighted by Gasteiger charge is -2.48. The smallest absolute Gasteiger partial charge is 0.255 e. The van der Waals surface area contributed by atoms with Crippen molar-refractivity contribution in [2.45, 2.75) is 19.4 Å². The van der Waals surface area contributed by atoms with Gasteiger partial charge in [-0.1, -0.05) is 0 Å². The Bertz CT molecular complexity index is 881. The van der Waals surface area contributed by atoms with Crippen molar-refractivity contribution in [2.24, 2.45) is 12.5 Å². The van der Waals surface area contributed by atoms with E-state index in [4.69, 9.17) is 4.74 Å². The third-order valence-electron chi connectivity index (χ3n) is 6.58. The summed E-state index contributed by atoms with van der Waals surface area (Å²) in [6.45, 7) is 4.70. The number of ether oxygens (including phenoxy) is 1. The number of hydrogen-bond donors (Lipinski definition) is 1. The maximum absolute atomic E-state index is 13.1. The van der Waals surface area contributed by atoms with Crippen LogP contribution in [0, 0.1) is 12.3 Å². The highest BCUT2D eigenvalue weighted by atomic mass is 16.5. The molecule has 2 fully saturated rings. The molecular formula is C22H29N3O3. The normalized spacial score (nSPS) is 21.2. The number of aliphatic hydroxyl groups is 1. The van der Waals surface area contributed by atoms with Gasteiger partial charge in [0, 0.05) is 49.5 Å². The summed E-state index contributed by atoms with van der Waals surface area (Å²) in [7, 11) is 5.72. The lowest BCUT2D eigenvalue weighted by molar-refractivity contribution is 0.0113. The Hall–Kier alpha value is -2.31. The number of carbonyl (C=O) groups is 1. The molecule has 0 aliphatic carbocycles. The molecule has 0 radical (unpaired) electrons. The van der Waals surface area contributed by atoms with Crippen molar-refractivity contribution in [1.82, 2.24) is 14.4 Å². The van der Waals surface area contributed by atoms with E-state index in [0.29, 0.717) is 0 Å².